The number of nitrogens with one attached hydrogen (secondary N) is 1. The molecule has 1 saturated heterocycles. The molecule has 0 aromatic heterocycles. The summed E-state index contributed by atoms with van der Waals surface area (Å²) in [6.45, 7) is 7.39. The molecule has 3 rings (SSSR count). The smallest absolute Gasteiger partial charge is 0.389 e. The molecule has 188 valence electrons. The fraction of sp³-hybridized carbons (Fsp3) is 0.750. The second-order valence-electron chi connectivity index (χ2n) is 8.85. The third-order valence-corrected chi connectivity index (χ3v) is 6.06. The van der Waals surface area contributed by atoms with Crippen LogP contribution in [0.2, 0.25) is 0 Å². The number of aliphatic hydroxyl groups is 1. The molecule has 33 heavy (non-hydrogen) atoms. The molecule has 1 amide bonds. The molecule has 0 bridgehead atoms. The number of carbonyl (C=O) groups is 1. The molecule has 0 spiro atoms. The van der Waals surface area contributed by atoms with Crippen LogP contribution in [-0.2, 0) is 9.53 Å². The van der Waals surface area contributed by atoms with Crippen molar-refractivity contribution in [2.75, 3.05) is 26.3 Å². The molecule has 0 aromatic rings. The Morgan fingerprint density at radius 1 is 1.33 bits per heavy atom. The van der Waals surface area contributed by atoms with Crippen molar-refractivity contribution in [3.05, 3.63) is 23.4 Å². The van der Waals surface area contributed by atoms with Crippen LogP contribution in [0, 0.1) is 5.92 Å². The Morgan fingerprint density at radius 2 is 2.06 bits per heavy atom. The van der Waals surface area contributed by atoms with E-state index in [2.05, 4.69) is 24.2 Å². The van der Waals surface area contributed by atoms with Crippen molar-refractivity contribution in [2.45, 2.75) is 83.7 Å². The highest BCUT2D eigenvalue weighted by atomic mass is 19.4. The molecule has 0 radical (unpaired) electrons. The second kappa shape index (κ2) is 13.2. The quantitative estimate of drug-likeness (QED) is 0.592. The summed E-state index contributed by atoms with van der Waals surface area (Å²) in [5.74, 6) is 0.0355. The Bertz CT molecular complexity index is 721. The first-order valence-corrected chi connectivity index (χ1v) is 12.0. The molecule has 9 heteroatoms. The van der Waals surface area contributed by atoms with E-state index in [-0.39, 0.29) is 23.9 Å². The van der Waals surface area contributed by atoms with Crippen molar-refractivity contribution in [1.29, 1.82) is 0 Å². The standard InChI is InChI=1S/C21H30F3N3O3.C3H8/c1-2-15(21(22,23)24)12-25-16-5-8-27(9-6-16)20(29)14-3-4-17(11-14)26-18-7-10-30-13-19(18)28;1-3-2/h2,5,12,14,17-19,26,28H,3-4,6-11,13H2,1H3;3H2,1-2H3/b15-2+,25-12?;/t14-,17?,18-,19+;/m0./s1. The molecule has 2 heterocycles. The minimum Gasteiger partial charge on any atom is -0.389 e. The van der Waals surface area contributed by atoms with E-state index in [0.717, 1.165) is 38.0 Å². The predicted octanol–water partition coefficient (Wildman–Crippen LogP) is 4.01. The topological polar surface area (TPSA) is 74.2 Å². The van der Waals surface area contributed by atoms with E-state index in [4.69, 9.17) is 4.74 Å². The number of hydrogen-bond donors (Lipinski definition) is 2. The summed E-state index contributed by atoms with van der Waals surface area (Å²) in [4.78, 5) is 18.6. The Labute approximate surface area is 195 Å². The van der Waals surface area contributed by atoms with Gasteiger partial charge in [0.25, 0.3) is 0 Å². The number of allylic oxidation sites excluding steroid dienone is 2. The van der Waals surface area contributed by atoms with Crippen LogP contribution in [0.4, 0.5) is 13.2 Å². The van der Waals surface area contributed by atoms with Crippen molar-refractivity contribution in [2.24, 2.45) is 10.9 Å². The first-order valence-electron chi connectivity index (χ1n) is 12.0. The molecule has 1 saturated carbocycles. The van der Waals surface area contributed by atoms with Crippen LogP contribution >= 0.6 is 0 Å². The SMILES string of the molecule is C/C=C(\C=NC1=CCN(C(=O)[C@H]2CCC(N[C@H]3CCOC[C@H]3O)C2)CC1)C(F)(F)F.CCC. The van der Waals surface area contributed by atoms with E-state index < -0.39 is 17.9 Å². The molecular formula is C24H38F3N3O3. The number of alkyl halides is 3. The molecular weight excluding hydrogens is 435 g/mol. The number of halogens is 3. The molecule has 4 atom stereocenters. The number of hydrogen-bond acceptors (Lipinski definition) is 5. The van der Waals surface area contributed by atoms with Gasteiger partial charge in [-0.05, 0) is 38.7 Å². The summed E-state index contributed by atoms with van der Waals surface area (Å²) in [6, 6.07) is 0.216. The Balaban J connectivity index is 0.00000122. The van der Waals surface area contributed by atoms with Gasteiger partial charge in [0, 0.05) is 56.0 Å². The second-order valence-corrected chi connectivity index (χ2v) is 8.85. The minimum atomic E-state index is -4.41. The molecule has 6 nitrogen and oxygen atoms in total. The lowest BCUT2D eigenvalue weighted by Gasteiger charge is -2.31. The summed E-state index contributed by atoms with van der Waals surface area (Å²) >= 11 is 0. The number of ether oxygens (including phenoxy) is 1. The lowest BCUT2D eigenvalue weighted by atomic mass is 10.0. The number of aliphatic hydroxyl groups excluding tert-OH is 1. The van der Waals surface area contributed by atoms with E-state index in [0.29, 0.717) is 38.4 Å². The molecule has 2 fully saturated rings. The highest BCUT2D eigenvalue weighted by Gasteiger charge is 2.35. The van der Waals surface area contributed by atoms with E-state index in [1.54, 1.807) is 11.0 Å². The monoisotopic (exact) mass is 473 g/mol. The first kappa shape index (κ1) is 27.5. The van der Waals surface area contributed by atoms with Gasteiger partial charge in [-0.2, -0.15) is 13.2 Å². The molecule has 3 aliphatic rings. The van der Waals surface area contributed by atoms with Crippen molar-refractivity contribution in [1.82, 2.24) is 10.2 Å². The first-order chi connectivity index (χ1) is 15.7. The van der Waals surface area contributed by atoms with E-state index in [1.807, 2.05) is 0 Å². The van der Waals surface area contributed by atoms with Crippen LogP contribution in [0.15, 0.2) is 28.4 Å². The lowest BCUT2D eigenvalue weighted by Crippen LogP contribution is -2.49. The summed E-state index contributed by atoms with van der Waals surface area (Å²) in [5.41, 5.74) is -0.205. The van der Waals surface area contributed by atoms with Gasteiger partial charge in [0.1, 0.15) is 0 Å². The van der Waals surface area contributed by atoms with Crippen LogP contribution in [-0.4, -0.2) is 72.8 Å². The number of carbonyl (C=O) groups excluding carboxylic acids is 1. The third-order valence-electron chi connectivity index (χ3n) is 6.06. The largest absolute Gasteiger partial charge is 0.417 e. The van der Waals surface area contributed by atoms with Gasteiger partial charge in [-0.15, -0.1) is 0 Å². The fourth-order valence-corrected chi connectivity index (χ4v) is 4.28. The minimum absolute atomic E-state index is 0.00898. The zero-order chi connectivity index (χ0) is 24.4. The Kier molecular flexibility index (Phi) is 11.1. The fourth-order valence-electron chi connectivity index (χ4n) is 4.28. The molecule has 2 aliphatic heterocycles. The van der Waals surface area contributed by atoms with Crippen molar-refractivity contribution >= 4 is 12.1 Å². The van der Waals surface area contributed by atoms with Crippen LogP contribution in [0.5, 0.6) is 0 Å². The Morgan fingerprint density at radius 3 is 2.64 bits per heavy atom. The number of amides is 1. The van der Waals surface area contributed by atoms with Gasteiger partial charge in [-0.1, -0.05) is 26.3 Å². The highest BCUT2D eigenvalue weighted by molar-refractivity contribution is 5.81. The third kappa shape index (κ3) is 8.54. The van der Waals surface area contributed by atoms with Gasteiger partial charge in [0.15, 0.2) is 0 Å². The van der Waals surface area contributed by atoms with Gasteiger partial charge in [0.2, 0.25) is 5.91 Å². The zero-order valence-electron chi connectivity index (χ0n) is 19.9. The van der Waals surface area contributed by atoms with E-state index in [1.165, 1.54) is 13.3 Å². The normalized spacial score (nSPS) is 29.0. The maximum absolute atomic E-state index is 12.9. The maximum Gasteiger partial charge on any atom is 0.417 e. The Hall–Kier alpha value is -1.71. The van der Waals surface area contributed by atoms with E-state index in [9.17, 15) is 23.1 Å². The highest BCUT2D eigenvalue weighted by Crippen LogP contribution is 2.30. The lowest BCUT2D eigenvalue weighted by molar-refractivity contribution is -0.135. The molecule has 1 aliphatic carbocycles. The van der Waals surface area contributed by atoms with Crippen LogP contribution in [0.25, 0.3) is 0 Å². The van der Waals surface area contributed by atoms with Crippen LogP contribution < -0.4 is 5.32 Å². The molecule has 0 aromatic carbocycles. The number of aliphatic imine (C=N–C) groups is 1. The van der Waals surface area contributed by atoms with Crippen molar-refractivity contribution < 1.29 is 27.8 Å². The predicted molar refractivity (Wildman–Crippen MR) is 123 cm³/mol. The van der Waals surface area contributed by atoms with Crippen LogP contribution in [0.3, 0.4) is 0 Å². The van der Waals surface area contributed by atoms with Gasteiger partial charge in [-0.3, -0.25) is 9.79 Å². The average molecular weight is 474 g/mol. The van der Waals surface area contributed by atoms with Gasteiger partial charge in [-0.25, -0.2) is 0 Å². The number of nitrogens with zero attached hydrogens (tertiary/aromatic N) is 2. The van der Waals surface area contributed by atoms with Gasteiger partial charge in [0.05, 0.1) is 18.3 Å². The van der Waals surface area contributed by atoms with Crippen molar-refractivity contribution in [3.8, 4) is 0 Å². The summed E-state index contributed by atoms with van der Waals surface area (Å²) in [6.07, 6.45) is 3.53. The van der Waals surface area contributed by atoms with Gasteiger partial charge < -0.3 is 20.1 Å². The van der Waals surface area contributed by atoms with E-state index >= 15 is 0 Å². The van der Waals surface area contributed by atoms with Crippen molar-refractivity contribution in [3.63, 3.8) is 0 Å². The average Bonchev–Trinajstić information content (AvgIpc) is 3.24. The molecule has 1 unspecified atom stereocenters. The zero-order valence-corrected chi connectivity index (χ0v) is 19.9. The summed E-state index contributed by atoms with van der Waals surface area (Å²) in [7, 11) is 0. The van der Waals surface area contributed by atoms with Gasteiger partial charge >= 0.3 is 6.18 Å². The summed E-state index contributed by atoms with van der Waals surface area (Å²) < 4.78 is 43.5. The molecule has 2 N–H and O–H groups in total. The number of rotatable bonds is 5. The van der Waals surface area contributed by atoms with Crippen LogP contribution in [0.1, 0.15) is 59.3 Å². The summed E-state index contributed by atoms with van der Waals surface area (Å²) in [5, 5.41) is 13.5. The maximum atomic E-state index is 12.9.